The van der Waals surface area contributed by atoms with Crippen molar-refractivity contribution in [2.24, 2.45) is 0 Å². The second-order valence-corrected chi connectivity index (χ2v) is 7.02. The Morgan fingerprint density at radius 3 is 2.74 bits per heavy atom. The van der Waals surface area contributed by atoms with E-state index < -0.39 is 12.1 Å². The number of ether oxygens (including phenoxy) is 1. The number of rotatable bonds is 6. The van der Waals surface area contributed by atoms with E-state index in [1.54, 1.807) is 24.4 Å². The Hall–Kier alpha value is -2.25. The monoisotopic (exact) mass is 373 g/mol. The quantitative estimate of drug-likeness (QED) is 0.721. The number of nitrogens with one attached hydrogen (secondary N) is 1. The van der Waals surface area contributed by atoms with Gasteiger partial charge in [-0.3, -0.25) is 14.6 Å². The van der Waals surface area contributed by atoms with Gasteiger partial charge in [0.25, 0.3) is 0 Å². The second-order valence-electron chi connectivity index (χ2n) is 7.02. The maximum absolute atomic E-state index is 12.4. The number of likely N-dealkylation sites (tertiary alicyclic amines) is 1. The van der Waals surface area contributed by atoms with E-state index in [-0.39, 0.29) is 37.4 Å². The van der Waals surface area contributed by atoms with Crippen molar-refractivity contribution in [3.63, 3.8) is 0 Å². The van der Waals surface area contributed by atoms with E-state index in [0.717, 1.165) is 25.9 Å². The fourth-order valence-corrected chi connectivity index (χ4v) is 3.48. The third kappa shape index (κ3) is 5.61. The van der Waals surface area contributed by atoms with Crippen molar-refractivity contribution in [1.82, 2.24) is 15.2 Å². The van der Waals surface area contributed by atoms with Crippen molar-refractivity contribution in [2.75, 3.05) is 19.7 Å². The number of piperidine rings is 1. The third-order valence-corrected chi connectivity index (χ3v) is 4.94. The molecule has 3 atom stereocenters. The van der Waals surface area contributed by atoms with Gasteiger partial charge in [-0.2, -0.15) is 0 Å². The topological polar surface area (TPSA) is 91.8 Å². The van der Waals surface area contributed by atoms with E-state index in [2.05, 4.69) is 10.3 Å². The molecule has 7 nitrogen and oxygen atoms in total. The number of carbonyl (C=O) groups excluding carboxylic acids is 2. The zero-order chi connectivity index (χ0) is 19.1. The molecule has 2 N–H and O–H groups in total. The van der Waals surface area contributed by atoms with Crippen molar-refractivity contribution >= 4 is 11.8 Å². The molecule has 1 fully saturated rings. The van der Waals surface area contributed by atoms with Crippen LogP contribution in [0.15, 0.2) is 36.5 Å². The van der Waals surface area contributed by atoms with Gasteiger partial charge < -0.3 is 20.1 Å². The molecule has 0 aliphatic carbocycles. The first kappa shape index (κ1) is 19.5. The lowest BCUT2D eigenvalue weighted by Gasteiger charge is -2.33. The number of carbonyl (C=O) groups is 2. The van der Waals surface area contributed by atoms with Crippen molar-refractivity contribution in [3.05, 3.63) is 42.2 Å². The number of aliphatic hydroxyl groups is 1. The predicted molar refractivity (Wildman–Crippen MR) is 99.8 cm³/mol. The molecular weight excluding hydrogens is 346 g/mol. The normalized spacial score (nSPS) is 25.2. The molecule has 1 aromatic rings. The molecule has 0 radical (unpaired) electrons. The Balaban J connectivity index is 1.52. The van der Waals surface area contributed by atoms with Gasteiger partial charge in [-0.15, -0.1) is 0 Å². The molecule has 2 aliphatic heterocycles. The summed E-state index contributed by atoms with van der Waals surface area (Å²) in [5, 5.41) is 12.5. The average molecular weight is 373 g/mol. The maximum atomic E-state index is 12.4. The number of hydrogen-bond acceptors (Lipinski definition) is 5. The number of amides is 2. The first-order chi connectivity index (χ1) is 13.2. The van der Waals surface area contributed by atoms with Crippen molar-refractivity contribution in [3.8, 4) is 0 Å². The summed E-state index contributed by atoms with van der Waals surface area (Å²) in [6.07, 6.45) is 8.04. The number of nitrogens with zero attached hydrogens (tertiary/aromatic N) is 2. The molecule has 27 heavy (non-hydrogen) atoms. The summed E-state index contributed by atoms with van der Waals surface area (Å²) < 4.78 is 5.85. The van der Waals surface area contributed by atoms with Crippen LogP contribution in [0.1, 0.15) is 31.4 Å². The van der Waals surface area contributed by atoms with Gasteiger partial charge in [0.1, 0.15) is 6.10 Å². The Labute approximate surface area is 159 Å². The van der Waals surface area contributed by atoms with Crippen molar-refractivity contribution in [1.29, 1.82) is 0 Å². The minimum absolute atomic E-state index is 0.0821. The predicted octanol–water partition coefficient (Wildman–Crippen LogP) is 0.827. The highest BCUT2D eigenvalue weighted by Crippen LogP contribution is 2.18. The molecule has 0 spiro atoms. The number of hydrogen-bond donors (Lipinski definition) is 2. The second kappa shape index (κ2) is 9.62. The Kier molecular flexibility index (Phi) is 6.95. The fraction of sp³-hybridized carbons (Fsp3) is 0.550. The minimum Gasteiger partial charge on any atom is -0.394 e. The number of aliphatic hydroxyl groups excluding tert-OH is 1. The summed E-state index contributed by atoms with van der Waals surface area (Å²) in [5.74, 6) is -0.105. The zero-order valence-electron chi connectivity index (χ0n) is 15.4. The molecular formula is C20H27N3O4. The maximum Gasteiger partial charge on any atom is 0.226 e. The van der Waals surface area contributed by atoms with Gasteiger partial charge in [0, 0.05) is 25.0 Å². The summed E-state index contributed by atoms with van der Waals surface area (Å²) in [4.78, 5) is 30.6. The lowest BCUT2D eigenvalue weighted by atomic mass is 10.0. The molecule has 1 aromatic heterocycles. The van der Waals surface area contributed by atoms with Crippen LogP contribution in [0.25, 0.3) is 0 Å². The van der Waals surface area contributed by atoms with Gasteiger partial charge >= 0.3 is 0 Å². The van der Waals surface area contributed by atoms with Crippen LogP contribution >= 0.6 is 0 Å². The van der Waals surface area contributed by atoms with E-state index >= 15 is 0 Å². The molecule has 0 bridgehead atoms. The molecule has 0 unspecified atom stereocenters. The summed E-state index contributed by atoms with van der Waals surface area (Å²) >= 11 is 0. The van der Waals surface area contributed by atoms with Gasteiger partial charge in [0.05, 0.1) is 31.6 Å². The van der Waals surface area contributed by atoms with Crippen LogP contribution in [0.2, 0.25) is 0 Å². The highest BCUT2D eigenvalue weighted by atomic mass is 16.5. The summed E-state index contributed by atoms with van der Waals surface area (Å²) in [6, 6.07) is 5.00. The molecule has 3 rings (SSSR count). The van der Waals surface area contributed by atoms with Crippen molar-refractivity contribution < 1.29 is 19.4 Å². The van der Waals surface area contributed by atoms with E-state index in [9.17, 15) is 14.7 Å². The van der Waals surface area contributed by atoms with Gasteiger partial charge in [-0.05, 0) is 31.4 Å². The third-order valence-electron chi connectivity index (χ3n) is 4.94. The van der Waals surface area contributed by atoms with Crippen LogP contribution in [0.3, 0.4) is 0 Å². The molecule has 0 saturated carbocycles. The van der Waals surface area contributed by atoms with Crippen LogP contribution in [-0.2, 0) is 20.7 Å². The Morgan fingerprint density at radius 2 is 2.04 bits per heavy atom. The molecule has 2 aliphatic rings. The van der Waals surface area contributed by atoms with Crippen LogP contribution in [0.5, 0.6) is 0 Å². The van der Waals surface area contributed by atoms with E-state index in [1.165, 1.54) is 6.42 Å². The number of pyridine rings is 1. The van der Waals surface area contributed by atoms with E-state index in [0.29, 0.717) is 5.69 Å². The highest BCUT2D eigenvalue weighted by molar-refractivity contribution is 5.79. The van der Waals surface area contributed by atoms with Crippen LogP contribution < -0.4 is 5.32 Å². The molecule has 1 saturated heterocycles. The fourth-order valence-electron chi connectivity index (χ4n) is 3.48. The van der Waals surface area contributed by atoms with Gasteiger partial charge in [-0.25, -0.2) is 0 Å². The van der Waals surface area contributed by atoms with E-state index in [4.69, 9.17) is 4.74 Å². The zero-order valence-corrected chi connectivity index (χ0v) is 15.4. The standard InChI is InChI=1S/C20H27N3O4/c24-14-18-17(22-19(25)12-15-6-2-3-9-21-15)8-7-16(27-18)13-20(26)23-10-4-1-5-11-23/h2-3,6-9,16-18,24H,1,4-5,10-14H2,(H,22,25)/t16-,17+,18+/m1/s1. The number of aromatic nitrogens is 1. The van der Waals surface area contributed by atoms with Crippen molar-refractivity contribution in [2.45, 2.75) is 50.4 Å². The van der Waals surface area contributed by atoms with Gasteiger partial charge in [-0.1, -0.05) is 18.2 Å². The average Bonchev–Trinajstić information content (AvgIpc) is 2.70. The Bertz CT molecular complexity index is 658. The SMILES string of the molecule is O=C(Cc1ccccn1)N[C@H]1C=C[C@H](CC(=O)N2CCCCC2)O[C@H]1CO. The van der Waals surface area contributed by atoms with Gasteiger partial charge in [0.15, 0.2) is 0 Å². The van der Waals surface area contributed by atoms with Crippen LogP contribution in [-0.4, -0.2) is 64.8 Å². The summed E-state index contributed by atoms with van der Waals surface area (Å²) in [5.41, 5.74) is 0.682. The largest absolute Gasteiger partial charge is 0.394 e. The highest BCUT2D eigenvalue weighted by Gasteiger charge is 2.30. The lowest BCUT2D eigenvalue weighted by molar-refractivity contribution is -0.137. The Morgan fingerprint density at radius 1 is 1.22 bits per heavy atom. The smallest absolute Gasteiger partial charge is 0.226 e. The minimum atomic E-state index is -0.568. The molecule has 7 heteroatoms. The summed E-state index contributed by atoms with van der Waals surface area (Å²) in [6.45, 7) is 1.39. The first-order valence-corrected chi connectivity index (χ1v) is 9.57. The lowest BCUT2D eigenvalue weighted by Crippen LogP contribution is -2.49. The van der Waals surface area contributed by atoms with E-state index in [1.807, 2.05) is 17.0 Å². The van der Waals surface area contributed by atoms with Gasteiger partial charge in [0.2, 0.25) is 11.8 Å². The first-order valence-electron chi connectivity index (χ1n) is 9.57. The van der Waals surface area contributed by atoms with Crippen LogP contribution in [0, 0.1) is 0 Å². The molecule has 2 amide bonds. The molecule has 3 heterocycles. The summed E-state index contributed by atoms with van der Waals surface area (Å²) in [7, 11) is 0. The molecule has 0 aromatic carbocycles. The molecule has 146 valence electrons. The van der Waals surface area contributed by atoms with Crippen LogP contribution in [0.4, 0.5) is 0 Å².